The van der Waals surface area contributed by atoms with Gasteiger partial charge in [-0.3, -0.25) is 9.59 Å². The number of carbonyl (C=O) groups is 1. The van der Waals surface area contributed by atoms with Gasteiger partial charge in [-0.1, -0.05) is 18.2 Å². The van der Waals surface area contributed by atoms with Gasteiger partial charge in [-0.15, -0.1) is 0 Å². The number of aromatic nitrogens is 4. The standard InChI is InChI=1S/C21H22N6O2/c1-26-8-7-17-14(11-26)10-22-19(23-17)13-6-9-27(12-13)21(29)18-15-4-2-3-5-16(15)20(28)25-24-18/h2-5,10,13H,6-9,11-12H2,1H3,(H,25,28)/t13-/m0/s1. The highest BCUT2D eigenvalue weighted by Crippen LogP contribution is 2.28. The minimum absolute atomic E-state index is 0.123. The molecule has 0 radical (unpaired) electrons. The third-order valence-corrected chi connectivity index (χ3v) is 5.88. The molecular formula is C21H22N6O2. The van der Waals surface area contributed by atoms with Crippen molar-refractivity contribution in [2.24, 2.45) is 0 Å². The van der Waals surface area contributed by atoms with Gasteiger partial charge in [0.1, 0.15) is 5.82 Å². The lowest BCUT2D eigenvalue weighted by molar-refractivity contribution is 0.0785. The van der Waals surface area contributed by atoms with E-state index in [2.05, 4.69) is 27.1 Å². The number of amides is 1. The number of hydrogen-bond donors (Lipinski definition) is 1. The predicted molar refractivity (Wildman–Crippen MR) is 108 cm³/mol. The van der Waals surface area contributed by atoms with Crippen molar-refractivity contribution in [2.75, 3.05) is 26.7 Å². The Kier molecular flexibility index (Phi) is 4.35. The maximum atomic E-state index is 13.1. The van der Waals surface area contributed by atoms with Crippen molar-refractivity contribution < 1.29 is 4.79 Å². The van der Waals surface area contributed by atoms with E-state index in [1.54, 1.807) is 23.1 Å². The summed E-state index contributed by atoms with van der Waals surface area (Å²) in [7, 11) is 2.10. The van der Waals surface area contributed by atoms with Crippen LogP contribution >= 0.6 is 0 Å². The van der Waals surface area contributed by atoms with Crippen LogP contribution in [-0.4, -0.2) is 62.6 Å². The number of nitrogens with zero attached hydrogens (tertiary/aromatic N) is 5. The van der Waals surface area contributed by atoms with Crippen LogP contribution in [0.25, 0.3) is 10.8 Å². The molecule has 2 aliphatic rings. The summed E-state index contributed by atoms with van der Waals surface area (Å²) >= 11 is 0. The first-order valence-electron chi connectivity index (χ1n) is 9.90. The molecule has 2 aromatic heterocycles. The van der Waals surface area contributed by atoms with Crippen LogP contribution in [0.15, 0.2) is 35.3 Å². The largest absolute Gasteiger partial charge is 0.336 e. The van der Waals surface area contributed by atoms with Gasteiger partial charge in [-0.05, 0) is 19.5 Å². The molecule has 1 amide bonds. The Morgan fingerprint density at radius 2 is 2.03 bits per heavy atom. The molecule has 29 heavy (non-hydrogen) atoms. The van der Waals surface area contributed by atoms with Crippen molar-refractivity contribution in [3.8, 4) is 0 Å². The van der Waals surface area contributed by atoms with E-state index in [4.69, 9.17) is 4.98 Å². The Bertz CT molecular complexity index is 1160. The van der Waals surface area contributed by atoms with Crippen molar-refractivity contribution >= 4 is 16.7 Å². The van der Waals surface area contributed by atoms with Crippen molar-refractivity contribution in [1.29, 1.82) is 0 Å². The van der Waals surface area contributed by atoms with Gasteiger partial charge in [0.25, 0.3) is 11.5 Å². The van der Waals surface area contributed by atoms with Crippen molar-refractivity contribution in [3.63, 3.8) is 0 Å². The topological polar surface area (TPSA) is 95.1 Å². The van der Waals surface area contributed by atoms with Crippen LogP contribution < -0.4 is 5.56 Å². The van der Waals surface area contributed by atoms with E-state index in [1.807, 2.05) is 12.3 Å². The Morgan fingerprint density at radius 1 is 1.21 bits per heavy atom. The maximum Gasteiger partial charge on any atom is 0.274 e. The van der Waals surface area contributed by atoms with E-state index in [9.17, 15) is 9.59 Å². The van der Waals surface area contributed by atoms with Gasteiger partial charge in [0, 0.05) is 61.4 Å². The summed E-state index contributed by atoms with van der Waals surface area (Å²) in [6, 6.07) is 7.06. The number of benzene rings is 1. The van der Waals surface area contributed by atoms with Gasteiger partial charge >= 0.3 is 0 Å². The molecular weight excluding hydrogens is 368 g/mol. The molecule has 1 fully saturated rings. The highest BCUT2D eigenvalue weighted by atomic mass is 16.2. The first-order valence-corrected chi connectivity index (χ1v) is 9.90. The van der Waals surface area contributed by atoms with Crippen molar-refractivity contribution in [2.45, 2.75) is 25.3 Å². The zero-order chi connectivity index (χ0) is 20.0. The lowest BCUT2D eigenvalue weighted by Gasteiger charge is -2.24. The van der Waals surface area contributed by atoms with Gasteiger partial charge in [-0.2, -0.15) is 5.10 Å². The second kappa shape index (κ2) is 7.04. The zero-order valence-corrected chi connectivity index (χ0v) is 16.3. The molecule has 8 heteroatoms. The van der Waals surface area contributed by atoms with Crippen LogP contribution in [0.3, 0.4) is 0 Å². The average molecular weight is 390 g/mol. The fourth-order valence-corrected chi connectivity index (χ4v) is 4.25. The quantitative estimate of drug-likeness (QED) is 0.709. The number of H-pyrrole nitrogens is 1. The molecule has 0 bridgehead atoms. The summed E-state index contributed by atoms with van der Waals surface area (Å²) in [6.07, 6.45) is 3.70. The highest BCUT2D eigenvalue weighted by molar-refractivity contribution is 6.04. The first kappa shape index (κ1) is 17.9. The molecule has 3 aromatic rings. The van der Waals surface area contributed by atoms with Gasteiger partial charge in [-0.25, -0.2) is 15.1 Å². The molecule has 1 atom stereocenters. The summed E-state index contributed by atoms with van der Waals surface area (Å²) in [5, 5.41) is 7.55. The number of likely N-dealkylation sites (tertiary alicyclic amines) is 1. The van der Waals surface area contributed by atoms with E-state index in [0.29, 0.717) is 23.9 Å². The lowest BCUT2D eigenvalue weighted by atomic mass is 10.1. The smallest absolute Gasteiger partial charge is 0.274 e. The number of likely N-dealkylation sites (N-methyl/N-ethyl adjacent to an activating group) is 1. The number of aromatic amines is 1. The molecule has 5 rings (SSSR count). The number of rotatable bonds is 2. The van der Waals surface area contributed by atoms with Gasteiger partial charge in [0.05, 0.1) is 5.39 Å². The maximum absolute atomic E-state index is 13.1. The first-order chi connectivity index (χ1) is 14.1. The Labute approximate surface area is 167 Å². The lowest BCUT2D eigenvalue weighted by Crippen LogP contribution is -2.31. The number of hydrogen-bond acceptors (Lipinski definition) is 6. The highest BCUT2D eigenvalue weighted by Gasteiger charge is 2.32. The van der Waals surface area contributed by atoms with Gasteiger partial charge in [0.2, 0.25) is 0 Å². The van der Waals surface area contributed by atoms with Crippen LogP contribution in [0.5, 0.6) is 0 Å². The zero-order valence-electron chi connectivity index (χ0n) is 16.3. The molecule has 0 unspecified atom stereocenters. The fourth-order valence-electron chi connectivity index (χ4n) is 4.25. The molecule has 1 aromatic carbocycles. The fraction of sp³-hybridized carbons (Fsp3) is 0.381. The summed E-state index contributed by atoms with van der Waals surface area (Å²) in [5.41, 5.74) is 2.32. The van der Waals surface area contributed by atoms with Crippen LogP contribution in [0.4, 0.5) is 0 Å². The van der Waals surface area contributed by atoms with E-state index in [-0.39, 0.29) is 23.1 Å². The number of nitrogens with one attached hydrogen (secondary N) is 1. The normalized spacial score (nSPS) is 19.5. The molecule has 1 saturated heterocycles. The van der Waals surface area contributed by atoms with E-state index in [0.717, 1.165) is 37.4 Å². The second-order valence-corrected chi connectivity index (χ2v) is 7.87. The van der Waals surface area contributed by atoms with Crippen LogP contribution in [0.1, 0.15) is 39.9 Å². The molecule has 2 aliphatic heterocycles. The van der Waals surface area contributed by atoms with Gasteiger partial charge in [0.15, 0.2) is 5.69 Å². The Morgan fingerprint density at radius 3 is 2.90 bits per heavy atom. The molecule has 0 spiro atoms. The second-order valence-electron chi connectivity index (χ2n) is 7.87. The summed E-state index contributed by atoms with van der Waals surface area (Å²) in [5.74, 6) is 0.778. The molecule has 0 aliphatic carbocycles. The third kappa shape index (κ3) is 3.19. The average Bonchev–Trinajstić information content (AvgIpc) is 3.24. The van der Waals surface area contributed by atoms with Crippen LogP contribution in [0.2, 0.25) is 0 Å². The molecule has 4 heterocycles. The van der Waals surface area contributed by atoms with Gasteiger partial charge < -0.3 is 9.80 Å². The Balaban J connectivity index is 1.38. The van der Waals surface area contributed by atoms with Crippen LogP contribution in [0, 0.1) is 0 Å². The van der Waals surface area contributed by atoms with Crippen molar-refractivity contribution in [1.82, 2.24) is 30.0 Å². The number of carbonyl (C=O) groups excluding carboxylic acids is 1. The van der Waals surface area contributed by atoms with E-state index in [1.165, 1.54) is 5.56 Å². The number of fused-ring (bicyclic) bond motifs is 2. The van der Waals surface area contributed by atoms with E-state index < -0.39 is 0 Å². The molecule has 8 nitrogen and oxygen atoms in total. The van der Waals surface area contributed by atoms with Crippen molar-refractivity contribution in [3.05, 3.63) is 63.6 Å². The molecule has 1 N–H and O–H groups in total. The SMILES string of the molecule is CN1CCc2nc([C@H]3CCN(C(=O)c4n[nH]c(=O)c5ccccc45)C3)ncc2C1. The van der Waals surface area contributed by atoms with E-state index >= 15 is 0 Å². The monoisotopic (exact) mass is 390 g/mol. The molecule has 148 valence electrons. The summed E-state index contributed by atoms with van der Waals surface area (Å²) in [6.45, 7) is 3.08. The summed E-state index contributed by atoms with van der Waals surface area (Å²) < 4.78 is 0. The van der Waals surface area contributed by atoms with Crippen LogP contribution in [-0.2, 0) is 13.0 Å². The Hall–Kier alpha value is -3.13. The molecule has 0 saturated carbocycles. The third-order valence-electron chi connectivity index (χ3n) is 5.88. The summed E-state index contributed by atoms with van der Waals surface area (Å²) in [4.78, 5) is 38.6. The minimum Gasteiger partial charge on any atom is -0.336 e. The predicted octanol–water partition coefficient (Wildman–Crippen LogP) is 1.33. The minimum atomic E-state index is -0.287.